The lowest BCUT2D eigenvalue weighted by atomic mass is 10.1. The van der Waals surface area contributed by atoms with Crippen LogP contribution in [-0.2, 0) is 14.1 Å². The van der Waals surface area contributed by atoms with Crippen molar-refractivity contribution in [2.45, 2.75) is 26.7 Å². The Kier molecular flexibility index (Phi) is 9.03. The van der Waals surface area contributed by atoms with E-state index in [1.54, 1.807) is 93.5 Å². The molecule has 1 atom stereocenters. The number of hydrogen-bond donors (Lipinski definition) is 0. The standard InChI is InChI=1S/C42H29N2O4PS7/c1-5-20-7-8-21(14-20)29-15-22-35(53-29)36-24(41(47)43(3)39(22)45)17-31(55-36)27-10-12-33(51-27)49-34-13-11-28(52-34)32-18-25-38(56-32)37-23(40(46)44(4)42(25)48)16-30(54-37)26-9-6-19(2)50-26/h6-13,15-18,49H,5,14H2,1-4H3. The van der Waals surface area contributed by atoms with Gasteiger partial charge in [0.1, 0.15) is 0 Å². The second kappa shape index (κ2) is 13.9. The summed E-state index contributed by atoms with van der Waals surface area (Å²) in [7, 11) is 3.60. The summed E-state index contributed by atoms with van der Waals surface area (Å²) in [6, 6.07) is 20.6. The van der Waals surface area contributed by atoms with Crippen molar-refractivity contribution >= 4 is 143 Å². The first-order valence-corrected chi connectivity index (χ1v) is 24.4. The normalized spacial score (nSPS) is 13.4. The highest BCUT2D eigenvalue weighted by Gasteiger charge is 2.21. The van der Waals surface area contributed by atoms with E-state index >= 15 is 0 Å². The van der Waals surface area contributed by atoms with Crippen LogP contribution in [0.15, 0.2) is 97.6 Å². The van der Waals surface area contributed by atoms with Crippen molar-refractivity contribution in [2.24, 2.45) is 14.1 Å². The minimum atomic E-state index is -0.273. The van der Waals surface area contributed by atoms with Crippen LogP contribution in [0.1, 0.15) is 29.5 Å². The molecule has 0 saturated heterocycles. The summed E-state index contributed by atoms with van der Waals surface area (Å²) in [5.41, 5.74) is 1.55. The van der Waals surface area contributed by atoms with Crippen molar-refractivity contribution in [1.82, 2.24) is 9.13 Å². The monoisotopic (exact) mass is 880 g/mol. The Morgan fingerprint density at radius 2 is 0.929 bits per heavy atom. The van der Waals surface area contributed by atoms with Crippen molar-refractivity contribution in [1.29, 1.82) is 0 Å². The maximum atomic E-state index is 13.6. The van der Waals surface area contributed by atoms with Crippen LogP contribution in [0.25, 0.3) is 75.2 Å². The maximum absolute atomic E-state index is 13.6. The van der Waals surface area contributed by atoms with E-state index in [0.29, 0.717) is 30.1 Å². The number of thiophene rings is 7. The Morgan fingerprint density at radius 3 is 1.34 bits per heavy atom. The van der Waals surface area contributed by atoms with Crippen LogP contribution in [0.3, 0.4) is 0 Å². The predicted molar refractivity (Wildman–Crippen MR) is 251 cm³/mol. The molecule has 0 N–H and O–H groups in total. The van der Waals surface area contributed by atoms with E-state index in [1.165, 1.54) is 34.4 Å². The SMILES string of the molecule is CCC1=CC=C(c2cc3c(=O)n(C)c(=O)c4cc(-c5ccc(Pc6ccc(-c7cc8c(=O)n(C)c(=O)c9cc(-c%10ccc(C)s%10)sc9c8s7)s6)s5)sc4c3s2)C1. The molecule has 0 bridgehead atoms. The molecule has 278 valence electrons. The fraction of sp³-hybridized carbons (Fsp3) is 0.143. The molecule has 56 heavy (non-hydrogen) atoms. The molecule has 1 unspecified atom stereocenters. The number of allylic oxidation sites excluding steroid dienone is 4. The predicted octanol–water partition coefficient (Wildman–Crippen LogP) is 10.9. The third-order valence-electron chi connectivity index (χ3n) is 10.1. The van der Waals surface area contributed by atoms with E-state index in [9.17, 15) is 19.2 Å². The van der Waals surface area contributed by atoms with Crippen LogP contribution in [0, 0.1) is 6.92 Å². The van der Waals surface area contributed by atoms with E-state index < -0.39 is 0 Å². The molecule has 10 rings (SSSR count). The van der Waals surface area contributed by atoms with Gasteiger partial charge in [0, 0.05) is 62.3 Å². The molecule has 0 fully saturated rings. The Hall–Kier alpha value is -3.91. The summed E-state index contributed by atoms with van der Waals surface area (Å²) in [4.78, 5) is 62.6. The van der Waals surface area contributed by atoms with Crippen LogP contribution >= 0.6 is 87.9 Å². The van der Waals surface area contributed by atoms with Crippen molar-refractivity contribution in [3.8, 4) is 29.3 Å². The maximum Gasteiger partial charge on any atom is 0.262 e. The van der Waals surface area contributed by atoms with Gasteiger partial charge in [0.15, 0.2) is 0 Å². The molecule has 0 aromatic carbocycles. The van der Waals surface area contributed by atoms with Crippen molar-refractivity contribution in [3.05, 3.63) is 130 Å². The fourth-order valence-electron chi connectivity index (χ4n) is 7.06. The number of aromatic nitrogens is 2. The topological polar surface area (TPSA) is 78.1 Å². The first-order valence-electron chi connectivity index (χ1n) is 17.7. The first kappa shape index (κ1) is 36.4. The number of fused-ring (bicyclic) bond motifs is 6. The van der Waals surface area contributed by atoms with E-state index in [4.69, 9.17) is 0 Å². The summed E-state index contributed by atoms with van der Waals surface area (Å²) in [5, 5.41) is 2.33. The molecule has 6 nitrogen and oxygen atoms in total. The van der Waals surface area contributed by atoms with Crippen molar-refractivity contribution < 1.29 is 0 Å². The van der Waals surface area contributed by atoms with Crippen LogP contribution in [0.2, 0.25) is 0 Å². The molecule has 0 spiro atoms. The van der Waals surface area contributed by atoms with Gasteiger partial charge in [-0.1, -0.05) is 24.6 Å². The van der Waals surface area contributed by atoms with Crippen LogP contribution in [-0.4, -0.2) is 9.13 Å². The van der Waals surface area contributed by atoms with Gasteiger partial charge in [0.05, 0.1) is 40.3 Å². The van der Waals surface area contributed by atoms with Gasteiger partial charge in [-0.2, -0.15) is 0 Å². The van der Waals surface area contributed by atoms with Gasteiger partial charge in [-0.15, -0.1) is 79.4 Å². The average Bonchev–Trinajstić information content (AvgIpc) is 4.04. The number of nitrogens with zero attached hydrogens (tertiary/aromatic N) is 2. The second-order valence-corrected chi connectivity index (χ2v) is 23.4. The van der Waals surface area contributed by atoms with Crippen molar-refractivity contribution in [2.75, 3.05) is 0 Å². The van der Waals surface area contributed by atoms with Gasteiger partial charge >= 0.3 is 0 Å². The van der Waals surface area contributed by atoms with E-state index in [1.807, 2.05) is 24.3 Å². The first-order chi connectivity index (χ1) is 27.0. The largest absolute Gasteiger partial charge is 0.277 e. The van der Waals surface area contributed by atoms with E-state index in [0.717, 1.165) is 65.8 Å². The van der Waals surface area contributed by atoms with Gasteiger partial charge in [0.25, 0.3) is 22.2 Å². The highest BCUT2D eigenvalue weighted by molar-refractivity contribution is 7.69. The zero-order chi connectivity index (χ0) is 38.6. The molecule has 0 amide bonds. The Bertz CT molecular complexity index is 3450. The van der Waals surface area contributed by atoms with Gasteiger partial charge in [0.2, 0.25) is 0 Å². The number of hydrogen-bond acceptors (Lipinski definition) is 11. The van der Waals surface area contributed by atoms with E-state index in [2.05, 4.69) is 62.4 Å². The summed E-state index contributed by atoms with van der Waals surface area (Å²) < 4.78 is 8.44. The minimum Gasteiger partial charge on any atom is -0.277 e. The molecular weight excluding hydrogens is 852 g/mol. The molecule has 9 heterocycles. The Morgan fingerprint density at radius 1 is 0.518 bits per heavy atom. The van der Waals surface area contributed by atoms with Crippen molar-refractivity contribution in [3.63, 3.8) is 0 Å². The minimum absolute atomic E-state index is 0.253. The summed E-state index contributed by atoms with van der Waals surface area (Å²) in [6.07, 6.45) is 6.24. The lowest BCUT2D eigenvalue weighted by Gasteiger charge is -1.99. The average molecular weight is 881 g/mol. The van der Waals surface area contributed by atoms with Gasteiger partial charge in [-0.3, -0.25) is 28.3 Å². The summed E-state index contributed by atoms with van der Waals surface area (Å²) in [5.74, 6) is 0. The van der Waals surface area contributed by atoms with E-state index in [-0.39, 0.29) is 22.2 Å². The third kappa shape index (κ3) is 5.98. The van der Waals surface area contributed by atoms with Gasteiger partial charge < -0.3 is 0 Å². The Labute approximate surface area is 349 Å². The van der Waals surface area contributed by atoms with Crippen LogP contribution in [0.4, 0.5) is 0 Å². The highest BCUT2D eigenvalue weighted by atomic mass is 32.1. The number of aryl methyl sites for hydroxylation is 1. The lowest BCUT2D eigenvalue weighted by molar-refractivity contribution is 0.845. The second-order valence-electron chi connectivity index (χ2n) is 13.7. The molecule has 9 aromatic rings. The molecule has 1 aliphatic carbocycles. The molecule has 0 aliphatic heterocycles. The fourth-order valence-corrected chi connectivity index (χ4v) is 17.1. The zero-order valence-corrected chi connectivity index (χ0v) is 36.9. The van der Waals surface area contributed by atoms with Gasteiger partial charge in [-0.05, 0) is 94.6 Å². The van der Waals surface area contributed by atoms with Crippen LogP contribution < -0.4 is 31.5 Å². The van der Waals surface area contributed by atoms with Gasteiger partial charge in [-0.25, -0.2) is 0 Å². The molecule has 0 radical (unpaired) electrons. The Balaban J connectivity index is 0.974. The van der Waals surface area contributed by atoms with Crippen LogP contribution in [0.5, 0.6) is 0 Å². The lowest BCUT2D eigenvalue weighted by Crippen LogP contribution is -2.26. The number of rotatable bonds is 7. The molecule has 14 heteroatoms. The molecule has 9 aromatic heterocycles. The summed E-state index contributed by atoms with van der Waals surface area (Å²) >= 11 is 11.5. The summed E-state index contributed by atoms with van der Waals surface area (Å²) in [6.45, 7) is 4.24. The molecule has 1 aliphatic rings. The highest BCUT2D eigenvalue weighted by Crippen LogP contribution is 2.45. The quantitative estimate of drug-likeness (QED) is 0.149. The zero-order valence-electron chi connectivity index (χ0n) is 30.2. The third-order valence-corrected chi connectivity index (χ3v) is 20.5. The molecular formula is C42H29N2O4PS7. The smallest absolute Gasteiger partial charge is 0.262 e. The molecule has 0 saturated carbocycles.